The number of carboxylic acids is 1. The van der Waals surface area contributed by atoms with Gasteiger partial charge in [0.1, 0.15) is 0 Å². The first-order valence-electron chi connectivity index (χ1n) is 7.68. The fourth-order valence-electron chi connectivity index (χ4n) is 2.89. The first-order chi connectivity index (χ1) is 11.4. The van der Waals surface area contributed by atoms with Gasteiger partial charge in [-0.15, -0.1) is 0 Å². The van der Waals surface area contributed by atoms with Crippen LogP contribution in [0.4, 0.5) is 5.69 Å². The number of fused-ring (bicyclic) bond motifs is 3. The van der Waals surface area contributed by atoms with Gasteiger partial charge in [-0.1, -0.05) is 6.07 Å². The molecule has 0 radical (unpaired) electrons. The first-order valence-corrected chi connectivity index (χ1v) is 7.68. The highest BCUT2D eigenvalue weighted by molar-refractivity contribution is 5.89. The number of carbonyl (C=O) groups excluding carboxylic acids is 1. The molecule has 0 atom stereocenters. The quantitative estimate of drug-likeness (QED) is 0.885. The zero-order chi connectivity index (χ0) is 17.3. The maximum atomic E-state index is 12.1. The number of anilines is 1. The van der Waals surface area contributed by atoms with Crippen LogP contribution in [-0.2, 0) is 29.0 Å². The molecule has 0 saturated heterocycles. The Morgan fingerprint density at radius 1 is 1.25 bits per heavy atom. The molecule has 0 spiro atoms. The van der Waals surface area contributed by atoms with Crippen LogP contribution in [0, 0.1) is 0 Å². The Morgan fingerprint density at radius 3 is 2.71 bits per heavy atom. The molecule has 7 heteroatoms. The fourth-order valence-corrected chi connectivity index (χ4v) is 2.89. The number of aliphatic carboxylic acids is 1. The van der Waals surface area contributed by atoms with Crippen molar-refractivity contribution in [1.29, 1.82) is 0 Å². The van der Waals surface area contributed by atoms with Crippen LogP contribution >= 0.6 is 0 Å². The molecule has 0 saturated carbocycles. The molecule has 0 unspecified atom stereocenters. The molecule has 7 nitrogen and oxygen atoms in total. The van der Waals surface area contributed by atoms with Crippen molar-refractivity contribution < 1.29 is 14.7 Å². The molecule has 0 fully saturated rings. The predicted molar refractivity (Wildman–Crippen MR) is 87.9 cm³/mol. The highest BCUT2D eigenvalue weighted by Gasteiger charge is 2.20. The average molecular weight is 327 g/mol. The molecule has 1 aromatic carbocycles. The molecule has 1 heterocycles. The normalized spacial score (nSPS) is 12.2. The van der Waals surface area contributed by atoms with E-state index in [1.807, 2.05) is 12.1 Å². The summed E-state index contributed by atoms with van der Waals surface area (Å²) in [5.41, 5.74) is 3.97. The van der Waals surface area contributed by atoms with E-state index in [0.717, 1.165) is 28.8 Å². The predicted octanol–water partition coefficient (Wildman–Crippen LogP) is 1.44. The van der Waals surface area contributed by atoms with Crippen molar-refractivity contribution in [3.05, 3.63) is 45.7 Å². The Labute approximate surface area is 137 Å². The van der Waals surface area contributed by atoms with Crippen molar-refractivity contribution in [2.45, 2.75) is 32.7 Å². The summed E-state index contributed by atoms with van der Waals surface area (Å²) in [7, 11) is 0. The molecule has 3 rings (SSSR count). The van der Waals surface area contributed by atoms with E-state index in [2.05, 4.69) is 10.4 Å². The number of aromatic nitrogens is 2. The number of hydrogen-bond donors (Lipinski definition) is 2. The summed E-state index contributed by atoms with van der Waals surface area (Å²) >= 11 is 0. The van der Waals surface area contributed by atoms with Gasteiger partial charge in [-0.3, -0.25) is 14.4 Å². The number of amides is 1. The standard InChI is InChI=1S/C17H17N3O4/c1-10(21)18-13-4-5-14-11(8-13)2-3-12-9-15(22)20(19-17(12)14)7-6-16(23)24/h4-5,8-9H,2-3,6-7H2,1H3,(H,18,21)(H,23,24). The van der Waals surface area contributed by atoms with Gasteiger partial charge in [0.2, 0.25) is 5.91 Å². The van der Waals surface area contributed by atoms with Crippen LogP contribution in [0.3, 0.4) is 0 Å². The summed E-state index contributed by atoms with van der Waals surface area (Å²) in [5, 5.41) is 15.9. The third-order valence-electron chi connectivity index (χ3n) is 3.96. The third kappa shape index (κ3) is 3.19. The van der Waals surface area contributed by atoms with E-state index in [0.29, 0.717) is 12.1 Å². The minimum atomic E-state index is -0.971. The van der Waals surface area contributed by atoms with E-state index in [4.69, 9.17) is 5.11 Å². The zero-order valence-electron chi connectivity index (χ0n) is 13.2. The number of carbonyl (C=O) groups is 2. The van der Waals surface area contributed by atoms with Crippen LogP contribution in [0.1, 0.15) is 24.5 Å². The van der Waals surface area contributed by atoms with E-state index in [-0.39, 0.29) is 24.4 Å². The Hall–Kier alpha value is -2.96. The number of nitrogens with one attached hydrogen (secondary N) is 1. The summed E-state index contributed by atoms with van der Waals surface area (Å²) in [6.45, 7) is 1.50. The number of nitrogens with zero attached hydrogens (tertiary/aromatic N) is 2. The van der Waals surface area contributed by atoms with Gasteiger partial charge in [0, 0.05) is 24.2 Å². The van der Waals surface area contributed by atoms with Gasteiger partial charge in [0.05, 0.1) is 18.7 Å². The van der Waals surface area contributed by atoms with Crippen molar-refractivity contribution in [2.75, 3.05) is 5.32 Å². The molecule has 24 heavy (non-hydrogen) atoms. The Bertz CT molecular complexity index is 886. The van der Waals surface area contributed by atoms with Gasteiger partial charge in [0.15, 0.2) is 0 Å². The van der Waals surface area contributed by atoms with Crippen molar-refractivity contribution in [3.8, 4) is 11.3 Å². The third-order valence-corrected chi connectivity index (χ3v) is 3.96. The molecular weight excluding hydrogens is 310 g/mol. The monoisotopic (exact) mass is 327 g/mol. The minimum absolute atomic E-state index is 0.0424. The second kappa shape index (κ2) is 6.27. The smallest absolute Gasteiger partial charge is 0.305 e. The highest BCUT2D eigenvalue weighted by Crippen LogP contribution is 2.32. The molecule has 1 aromatic heterocycles. The van der Waals surface area contributed by atoms with Crippen LogP contribution in [0.2, 0.25) is 0 Å². The van der Waals surface area contributed by atoms with Gasteiger partial charge in [-0.05, 0) is 36.1 Å². The van der Waals surface area contributed by atoms with E-state index >= 15 is 0 Å². The van der Waals surface area contributed by atoms with E-state index in [1.54, 1.807) is 6.07 Å². The first kappa shape index (κ1) is 15.9. The molecular formula is C17H17N3O4. The summed E-state index contributed by atoms with van der Waals surface area (Å²) in [6, 6.07) is 7.12. The molecule has 1 aliphatic carbocycles. The van der Waals surface area contributed by atoms with Crippen LogP contribution < -0.4 is 10.9 Å². The molecule has 0 bridgehead atoms. The minimum Gasteiger partial charge on any atom is -0.481 e. The molecule has 0 aliphatic heterocycles. The number of carboxylic acid groups (broad SMARTS) is 1. The number of hydrogen-bond acceptors (Lipinski definition) is 4. The summed E-state index contributed by atoms with van der Waals surface area (Å²) in [6.07, 6.45) is 1.30. The lowest BCUT2D eigenvalue weighted by molar-refractivity contribution is -0.137. The zero-order valence-corrected chi connectivity index (χ0v) is 13.2. The Morgan fingerprint density at radius 2 is 2.00 bits per heavy atom. The largest absolute Gasteiger partial charge is 0.481 e. The van der Waals surface area contributed by atoms with E-state index in [1.165, 1.54) is 17.7 Å². The van der Waals surface area contributed by atoms with Crippen molar-refractivity contribution in [3.63, 3.8) is 0 Å². The Balaban J connectivity index is 2.00. The van der Waals surface area contributed by atoms with Gasteiger partial charge in [0.25, 0.3) is 5.56 Å². The topological polar surface area (TPSA) is 101 Å². The summed E-state index contributed by atoms with van der Waals surface area (Å²) < 4.78 is 1.20. The fraction of sp³-hybridized carbons (Fsp3) is 0.294. The van der Waals surface area contributed by atoms with E-state index in [9.17, 15) is 14.4 Å². The summed E-state index contributed by atoms with van der Waals surface area (Å²) in [4.78, 5) is 33.9. The van der Waals surface area contributed by atoms with Gasteiger partial charge < -0.3 is 10.4 Å². The van der Waals surface area contributed by atoms with Gasteiger partial charge in [-0.2, -0.15) is 5.10 Å². The lowest BCUT2D eigenvalue weighted by Crippen LogP contribution is -2.26. The molecule has 2 N–H and O–H groups in total. The van der Waals surface area contributed by atoms with Crippen LogP contribution in [-0.4, -0.2) is 26.8 Å². The Kier molecular flexibility index (Phi) is 4.16. The number of aryl methyl sites for hydroxylation is 3. The summed E-state index contributed by atoms with van der Waals surface area (Å²) in [5.74, 6) is -1.10. The average Bonchev–Trinajstić information content (AvgIpc) is 2.52. The van der Waals surface area contributed by atoms with Crippen LogP contribution in [0.15, 0.2) is 29.1 Å². The molecule has 124 valence electrons. The molecule has 1 aliphatic rings. The van der Waals surface area contributed by atoms with Gasteiger partial charge >= 0.3 is 5.97 Å². The number of benzene rings is 1. The second-order valence-electron chi connectivity index (χ2n) is 5.78. The van der Waals surface area contributed by atoms with Crippen molar-refractivity contribution in [1.82, 2.24) is 9.78 Å². The van der Waals surface area contributed by atoms with E-state index < -0.39 is 5.97 Å². The van der Waals surface area contributed by atoms with Crippen molar-refractivity contribution in [2.24, 2.45) is 0 Å². The lowest BCUT2D eigenvalue weighted by Gasteiger charge is -2.20. The maximum absolute atomic E-state index is 12.1. The SMILES string of the molecule is CC(=O)Nc1ccc2c(c1)CCc1cc(=O)n(CCC(=O)O)nc1-2. The molecule has 2 aromatic rings. The highest BCUT2D eigenvalue weighted by atomic mass is 16.4. The second-order valence-corrected chi connectivity index (χ2v) is 5.78. The van der Waals surface area contributed by atoms with Gasteiger partial charge in [-0.25, -0.2) is 4.68 Å². The van der Waals surface area contributed by atoms with Crippen molar-refractivity contribution >= 4 is 17.6 Å². The maximum Gasteiger partial charge on any atom is 0.305 e. The van der Waals surface area contributed by atoms with Crippen LogP contribution in [0.5, 0.6) is 0 Å². The molecule has 1 amide bonds. The lowest BCUT2D eigenvalue weighted by atomic mass is 9.89. The number of rotatable bonds is 4. The van der Waals surface area contributed by atoms with Crippen LogP contribution in [0.25, 0.3) is 11.3 Å².